The predicted octanol–water partition coefficient (Wildman–Crippen LogP) is 3.13. The Bertz CT molecular complexity index is 715. The van der Waals surface area contributed by atoms with Gasteiger partial charge in [-0.05, 0) is 44.0 Å². The van der Waals surface area contributed by atoms with E-state index in [0.717, 1.165) is 31.0 Å². The van der Waals surface area contributed by atoms with Crippen molar-refractivity contribution in [2.24, 2.45) is 0 Å². The van der Waals surface area contributed by atoms with Crippen molar-refractivity contribution in [2.45, 2.75) is 46.1 Å². The van der Waals surface area contributed by atoms with Gasteiger partial charge in [-0.15, -0.1) is 0 Å². The van der Waals surface area contributed by atoms with Gasteiger partial charge in [-0.2, -0.15) is 0 Å². The number of nitrogens with zero attached hydrogens (tertiary/aromatic N) is 1. The Hall–Kier alpha value is -2.11. The first kappa shape index (κ1) is 17.7. The summed E-state index contributed by atoms with van der Waals surface area (Å²) in [6.45, 7) is 9.26. The molecule has 1 saturated heterocycles. The molecule has 1 aromatic heterocycles. The first-order chi connectivity index (χ1) is 12.0. The van der Waals surface area contributed by atoms with E-state index in [1.165, 1.54) is 5.56 Å². The molecule has 2 heterocycles. The summed E-state index contributed by atoms with van der Waals surface area (Å²) in [6.07, 6.45) is 0.496. The highest BCUT2D eigenvalue weighted by Crippen LogP contribution is 2.17. The zero-order valence-corrected chi connectivity index (χ0v) is 15.1. The Kier molecular flexibility index (Phi) is 5.56. The Morgan fingerprint density at radius 2 is 1.80 bits per heavy atom. The quantitative estimate of drug-likeness (QED) is 0.907. The molecule has 0 unspecified atom stereocenters. The van der Waals surface area contributed by atoms with Crippen LogP contribution in [0.2, 0.25) is 0 Å². The second-order valence-corrected chi connectivity index (χ2v) is 6.81. The normalized spacial score (nSPS) is 21.2. The molecule has 1 aliphatic heterocycles. The highest BCUT2D eigenvalue weighted by molar-refractivity contribution is 5.91. The summed E-state index contributed by atoms with van der Waals surface area (Å²) >= 11 is 0. The maximum Gasteiger partial charge on any atom is 0.287 e. The van der Waals surface area contributed by atoms with Crippen LogP contribution in [0.1, 0.15) is 41.3 Å². The number of rotatable bonds is 5. The third kappa shape index (κ3) is 4.71. The summed E-state index contributed by atoms with van der Waals surface area (Å²) < 4.78 is 11.2. The molecular weight excluding hydrogens is 316 g/mol. The lowest BCUT2D eigenvalue weighted by Gasteiger charge is -2.35. The van der Waals surface area contributed by atoms with E-state index in [-0.39, 0.29) is 18.1 Å². The lowest BCUT2D eigenvalue weighted by Crippen LogP contribution is -2.45. The van der Waals surface area contributed by atoms with E-state index in [2.05, 4.69) is 36.2 Å². The molecule has 0 spiro atoms. The van der Waals surface area contributed by atoms with Crippen molar-refractivity contribution in [3.05, 3.63) is 59.0 Å². The molecular formula is C20H26N2O3. The Balaban J connectivity index is 1.63. The number of aryl methyl sites for hydroxylation is 1. The average Bonchev–Trinajstić information content (AvgIpc) is 2.99. The number of furan rings is 1. The second kappa shape index (κ2) is 7.85. The number of ether oxygens (including phenoxy) is 1. The van der Waals surface area contributed by atoms with Crippen LogP contribution in [0.4, 0.5) is 0 Å². The van der Waals surface area contributed by atoms with Gasteiger partial charge in [-0.1, -0.05) is 24.3 Å². The van der Waals surface area contributed by atoms with Crippen LogP contribution in [-0.2, 0) is 17.8 Å². The molecule has 0 aliphatic carbocycles. The molecule has 1 aromatic carbocycles. The van der Waals surface area contributed by atoms with Crippen molar-refractivity contribution in [1.29, 1.82) is 0 Å². The zero-order valence-electron chi connectivity index (χ0n) is 15.1. The summed E-state index contributed by atoms with van der Waals surface area (Å²) in [4.78, 5) is 14.6. The minimum atomic E-state index is -0.184. The van der Waals surface area contributed by atoms with Gasteiger partial charge in [0.05, 0.1) is 12.2 Å². The standard InChI is InChI=1S/C20H26N2O3/c1-14-8-9-19(25-14)20(23)21-10-17-6-4-5-7-18(17)13-22-11-15(2)24-16(3)12-22/h4-9,15-16H,10-13H2,1-3H3,(H,21,23)/t15-,16-/m0/s1. The summed E-state index contributed by atoms with van der Waals surface area (Å²) in [6, 6.07) is 11.7. The van der Waals surface area contributed by atoms with Gasteiger partial charge in [-0.25, -0.2) is 0 Å². The van der Waals surface area contributed by atoms with Crippen LogP contribution in [0.25, 0.3) is 0 Å². The van der Waals surface area contributed by atoms with Crippen molar-refractivity contribution in [3.8, 4) is 0 Å². The number of nitrogens with one attached hydrogen (secondary N) is 1. The van der Waals surface area contributed by atoms with E-state index in [4.69, 9.17) is 9.15 Å². The smallest absolute Gasteiger partial charge is 0.287 e. The van der Waals surface area contributed by atoms with Crippen LogP contribution >= 0.6 is 0 Å². The minimum absolute atomic E-state index is 0.184. The van der Waals surface area contributed by atoms with Gasteiger partial charge in [0, 0.05) is 26.2 Å². The fourth-order valence-electron chi connectivity index (χ4n) is 3.36. The molecule has 5 nitrogen and oxygen atoms in total. The molecule has 0 saturated carbocycles. The largest absolute Gasteiger partial charge is 0.456 e. The van der Waals surface area contributed by atoms with E-state index in [1.807, 2.05) is 19.1 Å². The van der Waals surface area contributed by atoms with Gasteiger partial charge in [0.1, 0.15) is 5.76 Å². The van der Waals surface area contributed by atoms with Crippen LogP contribution in [0, 0.1) is 6.92 Å². The average molecular weight is 342 g/mol. The lowest BCUT2D eigenvalue weighted by molar-refractivity contribution is -0.0705. The number of hydrogen-bond donors (Lipinski definition) is 1. The predicted molar refractivity (Wildman–Crippen MR) is 96.3 cm³/mol. The number of hydrogen-bond acceptors (Lipinski definition) is 4. The molecule has 1 N–H and O–H groups in total. The van der Waals surface area contributed by atoms with E-state index >= 15 is 0 Å². The van der Waals surface area contributed by atoms with Gasteiger partial charge in [0.25, 0.3) is 5.91 Å². The summed E-state index contributed by atoms with van der Waals surface area (Å²) in [5, 5.41) is 2.95. The molecule has 0 bridgehead atoms. The molecule has 134 valence electrons. The minimum Gasteiger partial charge on any atom is -0.456 e. The van der Waals surface area contributed by atoms with Gasteiger partial charge >= 0.3 is 0 Å². The maximum absolute atomic E-state index is 12.2. The number of carbonyl (C=O) groups excluding carboxylic acids is 1. The monoisotopic (exact) mass is 342 g/mol. The Morgan fingerprint density at radius 3 is 2.44 bits per heavy atom. The van der Waals surface area contributed by atoms with Gasteiger partial charge in [-0.3, -0.25) is 9.69 Å². The molecule has 1 amide bonds. The van der Waals surface area contributed by atoms with Crippen LogP contribution in [-0.4, -0.2) is 36.1 Å². The second-order valence-electron chi connectivity index (χ2n) is 6.81. The van der Waals surface area contributed by atoms with Crippen LogP contribution in [0.3, 0.4) is 0 Å². The number of morpholine rings is 1. The number of amides is 1. The molecule has 3 rings (SSSR count). The lowest BCUT2D eigenvalue weighted by atomic mass is 10.1. The van der Waals surface area contributed by atoms with E-state index in [9.17, 15) is 4.79 Å². The molecule has 2 aromatic rings. The Morgan fingerprint density at radius 1 is 1.12 bits per heavy atom. The first-order valence-corrected chi connectivity index (χ1v) is 8.80. The van der Waals surface area contributed by atoms with Gasteiger partial charge in [0.15, 0.2) is 5.76 Å². The molecule has 1 fully saturated rings. The van der Waals surface area contributed by atoms with E-state index in [1.54, 1.807) is 12.1 Å². The topological polar surface area (TPSA) is 54.7 Å². The fourth-order valence-corrected chi connectivity index (χ4v) is 3.36. The van der Waals surface area contributed by atoms with Crippen molar-refractivity contribution in [1.82, 2.24) is 10.2 Å². The summed E-state index contributed by atoms with van der Waals surface area (Å²) in [5.41, 5.74) is 2.37. The molecule has 25 heavy (non-hydrogen) atoms. The molecule has 1 aliphatic rings. The third-order valence-electron chi connectivity index (χ3n) is 4.41. The molecule has 5 heteroatoms. The highest BCUT2D eigenvalue weighted by atomic mass is 16.5. The highest BCUT2D eigenvalue weighted by Gasteiger charge is 2.22. The maximum atomic E-state index is 12.2. The summed E-state index contributed by atoms with van der Waals surface area (Å²) in [7, 11) is 0. The fraction of sp³-hybridized carbons (Fsp3) is 0.450. The van der Waals surface area contributed by atoms with Crippen LogP contribution in [0.15, 0.2) is 40.8 Å². The van der Waals surface area contributed by atoms with Crippen molar-refractivity contribution in [3.63, 3.8) is 0 Å². The molecule has 2 atom stereocenters. The van der Waals surface area contributed by atoms with Crippen molar-refractivity contribution < 1.29 is 13.9 Å². The summed E-state index contributed by atoms with van der Waals surface area (Å²) in [5.74, 6) is 0.906. The van der Waals surface area contributed by atoms with E-state index < -0.39 is 0 Å². The third-order valence-corrected chi connectivity index (χ3v) is 4.41. The Labute approximate surface area is 149 Å². The van der Waals surface area contributed by atoms with Crippen LogP contribution in [0.5, 0.6) is 0 Å². The van der Waals surface area contributed by atoms with Crippen molar-refractivity contribution in [2.75, 3.05) is 13.1 Å². The first-order valence-electron chi connectivity index (χ1n) is 8.80. The SMILES string of the molecule is Cc1ccc(C(=O)NCc2ccccc2CN2C[C@H](C)O[C@@H](C)C2)o1. The van der Waals surface area contributed by atoms with Gasteiger partial charge in [0.2, 0.25) is 0 Å². The van der Waals surface area contributed by atoms with Crippen LogP contribution < -0.4 is 5.32 Å². The molecule has 0 radical (unpaired) electrons. The van der Waals surface area contributed by atoms with E-state index in [0.29, 0.717) is 12.3 Å². The van der Waals surface area contributed by atoms with Gasteiger partial charge < -0.3 is 14.5 Å². The number of carbonyl (C=O) groups is 1. The number of benzene rings is 1. The van der Waals surface area contributed by atoms with Crippen molar-refractivity contribution >= 4 is 5.91 Å². The zero-order chi connectivity index (χ0) is 17.8.